The number of nitrogens with one attached hydrogen (secondary N) is 1. The fourth-order valence-corrected chi connectivity index (χ4v) is 2.20. The van der Waals surface area contributed by atoms with Gasteiger partial charge in [-0.1, -0.05) is 33.6 Å². The molecule has 1 unspecified atom stereocenters. The monoisotopic (exact) mass is 222 g/mol. The lowest BCUT2D eigenvalue weighted by Crippen LogP contribution is -2.27. The molecule has 0 radical (unpaired) electrons. The van der Waals surface area contributed by atoms with E-state index in [9.17, 15) is 0 Å². The summed E-state index contributed by atoms with van der Waals surface area (Å²) in [5, 5.41) is 7.33. The second-order valence-corrected chi connectivity index (χ2v) is 5.90. The van der Waals surface area contributed by atoms with Gasteiger partial charge < -0.3 is 5.73 Å². The Kier molecular flexibility index (Phi) is 3.02. The summed E-state index contributed by atoms with van der Waals surface area (Å²) in [6.07, 6.45) is 5.09. The molecule has 1 saturated carbocycles. The van der Waals surface area contributed by atoms with E-state index in [2.05, 4.69) is 36.0 Å². The standard InChI is InChI=1S/C12H22N4/c1-12(2,3)9(13)11-14-10(15-16-11)8-6-4-5-7-8/h8-9H,4-7,13H2,1-3H3,(H,14,15,16). The van der Waals surface area contributed by atoms with Crippen molar-refractivity contribution in [3.63, 3.8) is 0 Å². The van der Waals surface area contributed by atoms with Crippen LogP contribution in [0.25, 0.3) is 0 Å². The van der Waals surface area contributed by atoms with Crippen molar-refractivity contribution in [2.75, 3.05) is 0 Å². The van der Waals surface area contributed by atoms with Gasteiger partial charge in [0.2, 0.25) is 0 Å². The molecule has 0 saturated heterocycles. The van der Waals surface area contributed by atoms with Crippen LogP contribution in [0.4, 0.5) is 0 Å². The smallest absolute Gasteiger partial charge is 0.167 e. The highest BCUT2D eigenvalue weighted by Crippen LogP contribution is 2.33. The molecule has 0 spiro atoms. The van der Waals surface area contributed by atoms with Crippen molar-refractivity contribution in [1.29, 1.82) is 0 Å². The average Bonchev–Trinajstić information content (AvgIpc) is 2.85. The van der Waals surface area contributed by atoms with Crippen LogP contribution in [0, 0.1) is 5.41 Å². The van der Waals surface area contributed by atoms with Crippen LogP contribution in [0.1, 0.15) is 70.1 Å². The van der Waals surface area contributed by atoms with Gasteiger partial charge in [-0.3, -0.25) is 5.10 Å². The van der Waals surface area contributed by atoms with Crippen LogP contribution < -0.4 is 5.73 Å². The lowest BCUT2D eigenvalue weighted by atomic mass is 9.87. The molecule has 90 valence electrons. The Bertz CT molecular complexity index is 344. The summed E-state index contributed by atoms with van der Waals surface area (Å²) < 4.78 is 0. The first-order valence-electron chi connectivity index (χ1n) is 6.16. The summed E-state index contributed by atoms with van der Waals surface area (Å²) in [7, 11) is 0. The van der Waals surface area contributed by atoms with Crippen molar-refractivity contribution in [2.45, 2.75) is 58.4 Å². The average molecular weight is 222 g/mol. The molecule has 0 amide bonds. The second-order valence-electron chi connectivity index (χ2n) is 5.90. The molecule has 1 aromatic heterocycles. The minimum absolute atomic E-state index is 0.00907. The largest absolute Gasteiger partial charge is 0.321 e. The third-order valence-corrected chi connectivity index (χ3v) is 3.47. The van der Waals surface area contributed by atoms with E-state index in [0.29, 0.717) is 5.92 Å². The van der Waals surface area contributed by atoms with Crippen LogP contribution in [0.2, 0.25) is 0 Å². The van der Waals surface area contributed by atoms with Gasteiger partial charge in [0.25, 0.3) is 0 Å². The minimum Gasteiger partial charge on any atom is -0.321 e. The Hall–Kier alpha value is -0.900. The van der Waals surface area contributed by atoms with E-state index in [-0.39, 0.29) is 11.5 Å². The number of aromatic amines is 1. The first-order chi connectivity index (χ1) is 7.48. The van der Waals surface area contributed by atoms with Crippen LogP contribution >= 0.6 is 0 Å². The highest BCUT2D eigenvalue weighted by Gasteiger charge is 2.27. The minimum atomic E-state index is -0.0982. The molecule has 16 heavy (non-hydrogen) atoms. The van der Waals surface area contributed by atoms with E-state index < -0.39 is 0 Å². The van der Waals surface area contributed by atoms with Crippen molar-refractivity contribution in [2.24, 2.45) is 11.1 Å². The molecular formula is C12H22N4. The topological polar surface area (TPSA) is 67.6 Å². The zero-order valence-electron chi connectivity index (χ0n) is 10.5. The molecule has 1 aliphatic rings. The van der Waals surface area contributed by atoms with Crippen molar-refractivity contribution < 1.29 is 0 Å². The predicted octanol–water partition coefficient (Wildman–Crippen LogP) is 2.51. The summed E-state index contributed by atoms with van der Waals surface area (Å²) in [6.45, 7) is 6.34. The third kappa shape index (κ3) is 2.26. The van der Waals surface area contributed by atoms with Gasteiger partial charge in [-0.15, -0.1) is 0 Å². The van der Waals surface area contributed by atoms with Gasteiger partial charge in [-0.2, -0.15) is 5.10 Å². The van der Waals surface area contributed by atoms with E-state index in [0.717, 1.165) is 11.6 Å². The van der Waals surface area contributed by atoms with Crippen molar-refractivity contribution in [1.82, 2.24) is 15.2 Å². The summed E-state index contributed by atoms with van der Waals surface area (Å²) in [6, 6.07) is -0.0982. The zero-order valence-corrected chi connectivity index (χ0v) is 10.5. The Morgan fingerprint density at radius 1 is 1.31 bits per heavy atom. The van der Waals surface area contributed by atoms with E-state index in [1.165, 1.54) is 25.7 Å². The van der Waals surface area contributed by atoms with Crippen molar-refractivity contribution in [3.8, 4) is 0 Å². The number of nitrogens with zero attached hydrogens (tertiary/aromatic N) is 2. The molecule has 2 rings (SSSR count). The molecule has 1 fully saturated rings. The maximum Gasteiger partial charge on any atom is 0.167 e. The van der Waals surface area contributed by atoms with Crippen LogP contribution in [-0.4, -0.2) is 15.2 Å². The summed E-state index contributed by atoms with van der Waals surface area (Å²) in [4.78, 5) is 4.57. The van der Waals surface area contributed by atoms with Crippen molar-refractivity contribution >= 4 is 0 Å². The van der Waals surface area contributed by atoms with Gasteiger partial charge in [-0.05, 0) is 18.3 Å². The van der Waals surface area contributed by atoms with Crippen LogP contribution in [-0.2, 0) is 0 Å². The molecule has 3 N–H and O–H groups in total. The van der Waals surface area contributed by atoms with Crippen LogP contribution in [0.5, 0.6) is 0 Å². The molecule has 1 heterocycles. The van der Waals surface area contributed by atoms with Gasteiger partial charge in [0.05, 0.1) is 6.04 Å². The summed E-state index contributed by atoms with van der Waals surface area (Å²) in [5.41, 5.74) is 6.15. The highest BCUT2D eigenvalue weighted by molar-refractivity contribution is 5.04. The molecule has 0 aliphatic heterocycles. The number of rotatable bonds is 2. The van der Waals surface area contributed by atoms with Crippen LogP contribution in [0.3, 0.4) is 0 Å². The maximum atomic E-state index is 6.14. The van der Waals surface area contributed by atoms with Gasteiger partial charge in [-0.25, -0.2) is 4.98 Å². The van der Waals surface area contributed by atoms with E-state index in [1.807, 2.05) is 0 Å². The van der Waals surface area contributed by atoms with Gasteiger partial charge in [0.1, 0.15) is 5.82 Å². The normalized spacial score (nSPS) is 20.2. The Morgan fingerprint density at radius 2 is 1.94 bits per heavy atom. The molecule has 0 bridgehead atoms. The number of aromatic nitrogens is 3. The molecule has 4 nitrogen and oxygen atoms in total. The van der Waals surface area contributed by atoms with E-state index in [1.54, 1.807) is 0 Å². The third-order valence-electron chi connectivity index (χ3n) is 3.47. The highest BCUT2D eigenvalue weighted by atomic mass is 15.2. The first-order valence-corrected chi connectivity index (χ1v) is 6.16. The Morgan fingerprint density at radius 3 is 2.50 bits per heavy atom. The molecule has 1 atom stereocenters. The quantitative estimate of drug-likeness (QED) is 0.808. The van der Waals surface area contributed by atoms with Crippen molar-refractivity contribution in [3.05, 3.63) is 11.6 Å². The molecule has 0 aromatic carbocycles. The molecule has 4 heteroatoms. The molecule has 1 aliphatic carbocycles. The predicted molar refractivity (Wildman–Crippen MR) is 64.0 cm³/mol. The second kappa shape index (κ2) is 4.17. The lowest BCUT2D eigenvalue weighted by molar-refractivity contribution is 0.315. The number of H-pyrrole nitrogens is 1. The lowest BCUT2D eigenvalue weighted by Gasteiger charge is -2.24. The summed E-state index contributed by atoms with van der Waals surface area (Å²) in [5.74, 6) is 2.37. The van der Waals surface area contributed by atoms with E-state index in [4.69, 9.17) is 5.73 Å². The Balaban J connectivity index is 2.12. The number of hydrogen-bond donors (Lipinski definition) is 2. The first kappa shape index (κ1) is 11.6. The van der Waals surface area contributed by atoms with Crippen LogP contribution in [0.15, 0.2) is 0 Å². The number of hydrogen-bond acceptors (Lipinski definition) is 3. The fraction of sp³-hybridized carbons (Fsp3) is 0.833. The fourth-order valence-electron chi connectivity index (χ4n) is 2.20. The van der Waals surface area contributed by atoms with Gasteiger partial charge >= 0.3 is 0 Å². The van der Waals surface area contributed by atoms with Gasteiger partial charge in [0, 0.05) is 5.92 Å². The summed E-state index contributed by atoms with van der Waals surface area (Å²) >= 11 is 0. The molecule has 1 aromatic rings. The molecular weight excluding hydrogens is 200 g/mol. The maximum absolute atomic E-state index is 6.14. The Labute approximate surface area is 97.0 Å². The zero-order chi connectivity index (χ0) is 11.8. The van der Waals surface area contributed by atoms with E-state index >= 15 is 0 Å². The number of nitrogens with two attached hydrogens (primary N) is 1. The van der Waals surface area contributed by atoms with Gasteiger partial charge in [0.15, 0.2) is 5.82 Å². The SMILES string of the molecule is CC(C)(C)C(N)c1n[nH]c(C2CCCC2)n1.